The van der Waals surface area contributed by atoms with E-state index in [0.29, 0.717) is 12.0 Å². The second-order valence-electron chi connectivity index (χ2n) is 2.29. The van der Waals surface area contributed by atoms with Crippen molar-refractivity contribution in [2.24, 2.45) is 5.84 Å². The lowest BCUT2D eigenvalue weighted by Gasteiger charge is -2.10. The van der Waals surface area contributed by atoms with Crippen molar-refractivity contribution in [1.29, 1.82) is 0 Å². The van der Waals surface area contributed by atoms with Gasteiger partial charge in [0, 0.05) is 6.54 Å². The zero-order valence-electron chi connectivity index (χ0n) is 7.31. The molecular weight excluding hydrogens is 144 g/mol. The van der Waals surface area contributed by atoms with Gasteiger partial charge in [0.25, 0.3) is 0 Å². The van der Waals surface area contributed by atoms with Gasteiger partial charge in [0.15, 0.2) is 6.73 Å². The molecule has 0 aromatic carbocycles. The van der Waals surface area contributed by atoms with E-state index in [4.69, 9.17) is 10.7 Å². The number of quaternary nitrogens is 1. The van der Waals surface area contributed by atoms with E-state index in [0.717, 1.165) is 19.4 Å². The van der Waals surface area contributed by atoms with Crippen LogP contribution < -0.4 is 21.9 Å². The average Bonchev–Trinajstić information content (AvgIpc) is 2.01. The smallest absolute Gasteiger partial charge is 0.162 e. The first kappa shape index (κ1) is 10.8. The van der Waals surface area contributed by atoms with Crippen molar-refractivity contribution in [3.05, 3.63) is 0 Å². The molecule has 1 atom stereocenters. The summed E-state index contributed by atoms with van der Waals surface area (Å²) in [5, 5.41) is 3.22. The second-order valence-corrected chi connectivity index (χ2v) is 2.29. The van der Waals surface area contributed by atoms with Crippen LogP contribution in [0.2, 0.25) is 0 Å². The lowest BCUT2D eigenvalue weighted by atomic mass is 10.3. The first-order chi connectivity index (χ1) is 5.31. The summed E-state index contributed by atoms with van der Waals surface area (Å²) >= 11 is 0. The zero-order chi connectivity index (χ0) is 8.53. The highest BCUT2D eigenvalue weighted by molar-refractivity contribution is 4.31. The average molecular weight is 163 g/mol. The summed E-state index contributed by atoms with van der Waals surface area (Å²) in [6.45, 7) is 3.46. The fraction of sp³-hybridized carbons (Fsp3) is 1.00. The molecule has 0 aliphatic rings. The minimum atomic E-state index is 0.396. The first-order valence-corrected chi connectivity index (χ1v) is 3.95. The maximum Gasteiger partial charge on any atom is 0.162 e. The van der Waals surface area contributed by atoms with Gasteiger partial charge in [-0.1, -0.05) is 13.3 Å². The minimum absolute atomic E-state index is 0.396. The minimum Gasteiger partial charge on any atom is -0.292 e. The predicted octanol–water partition coefficient (Wildman–Crippen LogP) is -1.84. The molecule has 0 aliphatic carbocycles. The fourth-order valence-electron chi connectivity index (χ4n) is 0.589. The van der Waals surface area contributed by atoms with Gasteiger partial charge in [-0.3, -0.25) is 5.32 Å². The Balaban J connectivity index is 3.02. The Morgan fingerprint density at radius 3 is 2.82 bits per heavy atom. The number of nitrogens with two attached hydrogens (primary N) is 1. The molecule has 0 radical (unpaired) electrons. The van der Waals surface area contributed by atoms with Crippen LogP contribution in [0.15, 0.2) is 0 Å². The van der Waals surface area contributed by atoms with Gasteiger partial charge in [-0.15, -0.1) is 16.1 Å². The molecule has 68 valence electrons. The van der Waals surface area contributed by atoms with E-state index in [1.165, 1.54) is 0 Å². The summed E-state index contributed by atoms with van der Waals surface area (Å²) < 4.78 is 0. The molecule has 0 saturated carbocycles. The highest BCUT2D eigenvalue weighted by Crippen LogP contribution is 1.78. The van der Waals surface area contributed by atoms with Crippen molar-refractivity contribution in [2.75, 3.05) is 20.3 Å². The van der Waals surface area contributed by atoms with Crippen molar-refractivity contribution in [3.63, 3.8) is 0 Å². The summed E-state index contributed by atoms with van der Waals surface area (Å²) in [5.74, 6) is 5.44. The third kappa shape index (κ3) is 7.70. The SMILES string of the molecule is CCCCN[NH+](N)OCNC. The van der Waals surface area contributed by atoms with Crippen LogP contribution in [0.25, 0.3) is 0 Å². The molecule has 0 bridgehead atoms. The van der Waals surface area contributed by atoms with Crippen LogP contribution in [-0.2, 0) is 4.84 Å². The van der Waals surface area contributed by atoms with E-state index in [1.54, 1.807) is 7.05 Å². The molecule has 0 fully saturated rings. The third-order valence-electron chi connectivity index (χ3n) is 1.20. The zero-order valence-corrected chi connectivity index (χ0v) is 7.31. The van der Waals surface area contributed by atoms with Crippen molar-refractivity contribution >= 4 is 0 Å². The highest BCUT2D eigenvalue weighted by atomic mass is 16.7. The highest BCUT2D eigenvalue weighted by Gasteiger charge is 1.98. The largest absolute Gasteiger partial charge is 0.292 e. The Morgan fingerprint density at radius 1 is 1.55 bits per heavy atom. The Kier molecular flexibility index (Phi) is 7.76. The standard InChI is InChI=1S/C6H18N4O/c1-3-4-5-9-10(7)11-6-8-2/h8-9H,3-7H2,1-2H3/p+1. The number of hydrogen-bond acceptors (Lipinski definition) is 4. The van der Waals surface area contributed by atoms with Crippen LogP contribution in [0.1, 0.15) is 19.8 Å². The van der Waals surface area contributed by atoms with E-state index in [2.05, 4.69) is 17.7 Å². The third-order valence-corrected chi connectivity index (χ3v) is 1.20. The summed E-state index contributed by atoms with van der Waals surface area (Å²) in [4.78, 5) is 5.01. The van der Waals surface area contributed by atoms with Crippen LogP contribution in [0.5, 0.6) is 0 Å². The maximum absolute atomic E-state index is 5.44. The van der Waals surface area contributed by atoms with Crippen LogP contribution in [0.3, 0.4) is 0 Å². The summed E-state index contributed by atoms with van der Waals surface area (Å²) in [5.41, 5.74) is 2.95. The van der Waals surface area contributed by atoms with Crippen LogP contribution >= 0.6 is 0 Å². The molecule has 0 heterocycles. The van der Waals surface area contributed by atoms with Crippen molar-refractivity contribution < 1.29 is 10.1 Å². The van der Waals surface area contributed by atoms with Crippen LogP contribution in [0, 0.1) is 0 Å². The molecule has 5 N–H and O–H groups in total. The van der Waals surface area contributed by atoms with Crippen molar-refractivity contribution in [2.45, 2.75) is 19.8 Å². The van der Waals surface area contributed by atoms with Crippen LogP contribution in [0.4, 0.5) is 0 Å². The van der Waals surface area contributed by atoms with Gasteiger partial charge in [0.2, 0.25) is 0 Å². The van der Waals surface area contributed by atoms with Crippen LogP contribution in [-0.4, -0.2) is 20.3 Å². The van der Waals surface area contributed by atoms with Gasteiger partial charge in [-0.25, -0.2) is 0 Å². The summed E-state index contributed by atoms with van der Waals surface area (Å²) in [6, 6.07) is 0. The monoisotopic (exact) mass is 163 g/mol. The Labute approximate surface area is 67.8 Å². The molecule has 11 heavy (non-hydrogen) atoms. The van der Waals surface area contributed by atoms with Gasteiger partial charge in [0.05, 0.1) is 0 Å². The molecule has 0 rings (SSSR count). The van der Waals surface area contributed by atoms with Gasteiger partial charge in [0.1, 0.15) is 0 Å². The summed E-state index contributed by atoms with van der Waals surface area (Å²) in [7, 11) is 1.80. The number of hydrogen-bond donors (Lipinski definition) is 4. The quantitative estimate of drug-likeness (QED) is 0.154. The van der Waals surface area contributed by atoms with Crippen molar-refractivity contribution in [1.82, 2.24) is 10.7 Å². The second kappa shape index (κ2) is 7.90. The van der Waals surface area contributed by atoms with E-state index in [-0.39, 0.29) is 0 Å². The lowest BCUT2D eigenvalue weighted by Crippen LogP contribution is -3.23. The Bertz CT molecular complexity index is 81.0. The molecular formula is C6H19N4O+. The normalized spacial score (nSPS) is 13.4. The van der Waals surface area contributed by atoms with Crippen molar-refractivity contribution in [3.8, 4) is 0 Å². The lowest BCUT2D eigenvalue weighted by molar-refractivity contribution is -1.14. The first-order valence-electron chi connectivity index (χ1n) is 3.95. The Hall–Kier alpha value is -0.200. The van der Waals surface area contributed by atoms with Gasteiger partial charge in [-0.05, 0) is 18.7 Å². The molecule has 5 heteroatoms. The maximum atomic E-state index is 5.44. The fourth-order valence-corrected chi connectivity index (χ4v) is 0.589. The molecule has 0 aliphatic heterocycles. The van der Waals surface area contributed by atoms with E-state index in [1.807, 2.05) is 0 Å². The van der Waals surface area contributed by atoms with Gasteiger partial charge < -0.3 is 0 Å². The molecule has 0 aromatic heterocycles. The molecule has 5 nitrogen and oxygen atoms in total. The number of nitrogens with one attached hydrogen (secondary N) is 3. The van der Waals surface area contributed by atoms with E-state index in [9.17, 15) is 0 Å². The number of rotatable bonds is 7. The predicted molar refractivity (Wildman–Crippen MR) is 43.1 cm³/mol. The summed E-state index contributed by atoms with van der Waals surface area (Å²) in [6.07, 6.45) is 2.27. The van der Waals surface area contributed by atoms with E-state index < -0.39 is 0 Å². The van der Waals surface area contributed by atoms with Gasteiger partial charge >= 0.3 is 0 Å². The number of unbranched alkanes of at least 4 members (excludes halogenated alkanes) is 1. The molecule has 0 saturated heterocycles. The Morgan fingerprint density at radius 2 is 2.27 bits per heavy atom. The molecule has 0 aromatic rings. The van der Waals surface area contributed by atoms with E-state index >= 15 is 0 Å². The molecule has 0 amide bonds. The topological polar surface area (TPSA) is 63.8 Å². The van der Waals surface area contributed by atoms with Gasteiger partial charge in [-0.2, -0.15) is 0 Å². The molecule has 0 spiro atoms. The molecule has 1 unspecified atom stereocenters.